The van der Waals surface area contributed by atoms with E-state index in [1.807, 2.05) is 13.8 Å². The average molecular weight is 224 g/mol. The molecule has 2 aliphatic rings. The van der Waals surface area contributed by atoms with Gasteiger partial charge in [0.05, 0.1) is 0 Å². The van der Waals surface area contributed by atoms with Gasteiger partial charge in [-0.15, -0.1) is 0 Å². The van der Waals surface area contributed by atoms with Crippen molar-refractivity contribution < 1.29 is 9.59 Å². The summed E-state index contributed by atoms with van der Waals surface area (Å²) in [5, 5.41) is 2.89. The van der Waals surface area contributed by atoms with Crippen LogP contribution in [0.4, 0.5) is 0 Å². The second-order valence-electron chi connectivity index (χ2n) is 4.92. The van der Waals surface area contributed by atoms with E-state index in [1.165, 1.54) is 0 Å². The molecule has 0 saturated carbocycles. The monoisotopic (exact) mass is 224 g/mol. The molecule has 2 saturated heterocycles. The van der Waals surface area contributed by atoms with Gasteiger partial charge >= 0.3 is 0 Å². The highest BCUT2D eigenvalue weighted by molar-refractivity contribution is 5.97. The lowest BCUT2D eigenvalue weighted by atomic mass is 9.91. The third-order valence-corrected chi connectivity index (χ3v) is 3.87. The van der Waals surface area contributed by atoms with Gasteiger partial charge in [0.25, 0.3) is 0 Å². The van der Waals surface area contributed by atoms with E-state index < -0.39 is 0 Å². The number of fused-ring (bicyclic) bond motifs is 1. The number of nitrogens with zero attached hydrogens (tertiary/aromatic N) is 1. The summed E-state index contributed by atoms with van der Waals surface area (Å²) in [5.74, 6) is 0.391. The largest absolute Gasteiger partial charge is 0.342 e. The van der Waals surface area contributed by atoms with Gasteiger partial charge in [-0.25, -0.2) is 0 Å². The summed E-state index contributed by atoms with van der Waals surface area (Å²) in [6.07, 6.45) is 3.82. The van der Waals surface area contributed by atoms with Gasteiger partial charge in [0.1, 0.15) is 12.1 Å². The Balaban J connectivity index is 2.16. The maximum Gasteiger partial charge on any atom is 0.246 e. The summed E-state index contributed by atoms with van der Waals surface area (Å²) in [5.41, 5.74) is 0. The highest BCUT2D eigenvalue weighted by Gasteiger charge is 2.42. The molecule has 1 unspecified atom stereocenters. The Morgan fingerprint density at radius 2 is 2.19 bits per heavy atom. The maximum absolute atomic E-state index is 12.2. The van der Waals surface area contributed by atoms with Gasteiger partial charge < -0.3 is 10.2 Å². The number of carbonyl (C=O) groups is 2. The molecule has 0 radical (unpaired) electrons. The molecule has 90 valence electrons. The van der Waals surface area contributed by atoms with Crippen LogP contribution in [0, 0.1) is 5.92 Å². The van der Waals surface area contributed by atoms with Crippen molar-refractivity contribution >= 4 is 11.8 Å². The molecule has 1 N–H and O–H groups in total. The Bertz CT molecular complexity index is 299. The normalized spacial score (nSPS) is 32.0. The first-order chi connectivity index (χ1) is 7.65. The van der Waals surface area contributed by atoms with Gasteiger partial charge in [0.15, 0.2) is 0 Å². The van der Waals surface area contributed by atoms with E-state index in [0.717, 1.165) is 32.2 Å². The topological polar surface area (TPSA) is 49.4 Å². The number of piperidine rings is 1. The number of piperazine rings is 1. The van der Waals surface area contributed by atoms with Crippen LogP contribution in [0.5, 0.6) is 0 Å². The van der Waals surface area contributed by atoms with Gasteiger partial charge in [-0.1, -0.05) is 20.3 Å². The Morgan fingerprint density at radius 3 is 2.88 bits per heavy atom. The van der Waals surface area contributed by atoms with Crippen LogP contribution in [0.15, 0.2) is 0 Å². The number of hydrogen-bond donors (Lipinski definition) is 1. The minimum absolute atomic E-state index is 0.0459. The lowest BCUT2D eigenvalue weighted by Gasteiger charge is -2.43. The van der Waals surface area contributed by atoms with Crippen molar-refractivity contribution in [1.29, 1.82) is 0 Å². The molecular weight excluding hydrogens is 204 g/mol. The third kappa shape index (κ3) is 1.81. The van der Waals surface area contributed by atoms with Crippen LogP contribution < -0.4 is 5.32 Å². The molecule has 0 aromatic carbocycles. The fourth-order valence-electron chi connectivity index (χ4n) is 2.58. The number of rotatable bonds is 2. The first kappa shape index (κ1) is 11.4. The molecular formula is C12H20N2O2. The predicted molar refractivity (Wildman–Crippen MR) is 60.7 cm³/mol. The predicted octanol–water partition coefficient (Wildman–Crippen LogP) is 0.912. The third-order valence-electron chi connectivity index (χ3n) is 3.87. The molecule has 0 spiro atoms. The highest BCUT2D eigenvalue weighted by Crippen LogP contribution is 2.24. The van der Waals surface area contributed by atoms with E-state index in [9.17, 15) is 9.59 Å². The lowest BCUT2D eigenvalue weighted by Crippen LogP contribution is -2.65. The standard InChI is InChI=1S/C12H20N2O2/c1-3-8(2)10-12(16)14-7-5-4-6-9(14)11(15)13-10/h8-10H,3-7H2,1-2H3,(H,13,15)/t8?,9-,10+/m1/s1. The number of hydrogen-bond acceptors (Lipinski definition) is 2. The van der Waals surface area contributed by atoms with Crippen molar-refractivity contribution in [1.82, 2.24) is 10.2 Å². The molecule has 3 atom stereocenters. The molecule has 2 aliphatic heterocycles. The molecule has 4 heteroatoms. The van der Waals surface area contributed by atoms with Crippen molar-refractivity contribution in [3.05, 3.63) is 0 Å². The van der Waals surface area contributed by atoms with E-state index in [1.54, 1.807) is 4.90 Å². The van der Waals surface area contributed by atoms with Crippen LogP contribution in [0.3, 0.4) is 0 Å². The number of amides is 2. The van der Waals surface area contributed by atoms with E-state index in [-0.39, 0.29) is 29.8 Å². The van der Waals surface area contributed by atoms with Crippen LogP contribution in [0.25, 0.3) is 0 Å². The van der Waals surface area contributed by atoms with Crippen LogP contribution in [0.1, 0.15) is 39.5 Å². The minimum Gasteiger partial charge on any atom is -0.342 e. The molecule has 2 fully saturated rings. The van der Waals surface area contributed by atoms with Crippen molar-refractivity contribution in [2.24, 2.45) is 5.92 Å². The van der Waals surface area contributed by atoms with Crippen molar-refractivity contribution in [3.8, 4) is 0 Å². The summed E-state index contributed by atoms with van der Waals surface area (Å²) in [7, 11) is 0. The molecule has 0 aliphatic carbocycles. The second-order valence-corrected chi connectivity index (χ2v) is 4.92. The zero-order valence-corrected chi connectivity index (χ0v) is 10.0. The fraction of sp³-hybridized carbons (Fsp3) is 0.833. The molecule has 16 heavy (non-hydrogen) atoms. The minimum atomic E-state index is -0.299. The average Bonchev–Trinajstić information content (AvgIpc) is 2.33. The van der Waals surface area contributed by atoms with Crippen LogP contribution in [-0.4, -0.2) is 35.3 Å². The summed E-state index contributed by atoms with van der Waals surface area (Å²) >= 11 is 0. The van der Waals surface area contributed by atoms with E-state index in [0.29, 0.717) is 0 Å². The Labute approximate surface area is 96.4 Å². The zero-order valence-electron chi connectivity index (χ0n) is 10.0. The molecule has 2 rings (SSSR count). The van der Waals surface area contributed by atoms with Gasteiger partial charge in [-0.2, -0.15) is 0 Å². The smallest absolute Gasteiger partial charge is 0.246 e. The highest BCUT2D eigenvalue weighted by atomic mass is 16.2. The Morgan fingerprint density at radius 1 is 1.44 bits per heavy atom. The SMILES string of the molecule is CCC(C)[C@@H]1NC(=O)[C@H]2CCCCN2C1=O. The summed E-state index contributed by atoms with van der Waals surface area (Å²) in [6, 6.07) is -0.492. The van der Waals surface area contributed by atoms with Crippen LogP contribution in [0.2, 0.25) is 0 Å². The quantitative estimate of drug-likeness (QED) is 0.758. The second kappa shape index (κ2) is 4.44. The van der Waals surface area contributed by atoms with Gasteiger partial charge in [-0.3, -0.25) is 9.59 Å². The molecule has 0 bridgehead atoms. The summed E-state index contributed by atoms with van der Waals surface area (Å²) < 4.78 is 0. The van der Waals surface area contributed by atoms with Crippen molar-refractivity contribution in [2.45, 2.75) is 51.6 Å². The number of nitrogens with one attached hydrogen (secondary N) is 1. The van der Waals surface area contributed by atoms with E-state index in [2.05, 4.69) is 5.32 Å². The zero-order chi connectivity index (χ0) is 11.7. The van der Waals surface area contributed by atoms with Gasteiger partial charge in [-0.05, 0) is 25.2 Å². The maximum atomic E-state index is 12.2. The number of carbonyl (C=O) groups excluding carboxylic acids is 2. The first-order valence-corrected chi connectivity index (χ1v) is 6.26. The summed E-state index contributed by atoms with van der Waals surface area (Å²) in [4.78, 5) is 25.9. The van der Waals surface area contributed by atoms with Crippen molar-refractivity contribution in [3.63, 3.8) is 0 Å². The Hall–Kier alpha value is -1.06. The molecule has 2 amide bonds. The first-order valence-electron chi connectivity index (χ1n) is 6.26. The van der Waals surface area contributed by atoms with E-state index in [4.69, 9.17) is 0 Å². The van der Waals surface area contributed by atoms with Crippen molar-refractivity contribution in [2.75, 3.05) is 6.54 Å². The van der Waals surface area contributed by atoms with Crippen LogP contribution >= 0.6 is 0 Å². The van der Waals surface area contributed by atoms with Gasteiger partial charge in [0, 0.05) is 6.54 Å². The Kier molecular flexibility index (Phi) is 3.17. The molecule has 0 aromatic heterocycles. The molecule has 4 nitrogen and oxygen atoms in total. The summed E-state index contributed by atoms with van der Waals surface area (Å²) in [6.45, 7) is 4.82. The lowest BCUT2D eigenvalue weighted by molar-refractivity contribution is -0.152. The van der Waals surface area contributed by atoms with Gasteiger partial charge in [0.2, 0.25) is 11.8 Å². The van der Waals surface area contributed by atoms with Crippen LogP contribution in [-0.2, 0) is 9.59 Å². The molecule has 0 aromatic rings. The molecule has 2 heterocycles. The van der Waals surface area contributed by atoms with E-state index >= 15 is 0 Å². The fourth-order valence-corrected chi connectivity index (χ4v) is 2.58.